The van der Waals surface area contributed by atoms with Crippen LogP contribution in [0, 0.1) is 6.92 Å². The fourth-order valence-electron chi connectivity index (χ4n) is 2.72. The highest BCUT2D eigenvalue weighted by atomic mass is 15.1. The summed E-state index contributed by atoms with van der Waals surface area (Å²) in [6.45, 7) is 2.71. The van der Waals surface area contributed by atoms with Crippen LogP contribution in [0.2, 0.25) is 0 Å². The van der Waals surface area contributed by atoms with Crippen molar-refractivity contribution in [2.75, 3.05) is 44.5 Å². The molecule has 0 spiro atoms. The summed E-state index contributed by atoms with van der Waals surface area (Å²) in [5, 5.41) is 1.19. The molecule has 1 heterocycles. The quantitative estimate of drug-likeness (QED) is 0.926. The smallest absolute Gasteiger partial charge is 0.0959 e. The molecule has 0 saturated heterocycles. The van der Waals surface area contributed by atoms with Crippen LogP contribution in [0.3, 0.4) is 0 Å². The van der Waals surface area contributed by atoms with Gasteiger partial charge in [0.25, 0.3) is 0 Å². The van der Waals surface area contributed by atoms with Gasteiger partial charge in [-0.3, -0.25) is 4.98 Å². The fourth-order valence-corrected chi connectivity index (χ4v) is 2.72. The molecule has 0 aliphatic heterocycles. The zero-order chi connectivity index (χ0) is 14.9. The lowest BCUT2D eigenvalue weighted by atomic mass is 10.0. The molecule has 0 fully saturated rings. The van der Waals surface area contributed by atoms with Crippen LogP contribution in [-0.2, 0) is 6.42 Å². The number of anilines is 2. The zero-order valence-electron chi connectivity index (χ0n) is 13.1. The Morgan fingerprint density at radius 1 is 1.10 bits per heavy atom. The molecule has 0 amide bonds. The van der Waals surface area contributed by atoms with Crippen LogP contribution in [0.25, 0.3) is 10.9 Å². The van der Waals surface area contributed by atoms with Gasteiger partial charge in [0, 0.05) is 39.3 Å². The van der Waals surface area contributed by atoms with E-state index < -0.39 is 0 Å². The Labute approximate surface area is 121 Å². The van der Waals surface area contributed by atoms with Crippen molar-refractivity contribution in [1.82, 2.24) is 4.98 Å². The van der Waals surface area contributed by atoms with Crippen molar-refractivity contribution >= 4 is 22.3 Å². The number of aromatic nitrogens is 1. The lowest BCUT2D eigenvalue weighted by Crippen LogP contribution is -2.17. The monoisotopic (exact) mass is 272 g/mol. The SMILES string of the molecule is Cc1nc2c(N(C)C)cccc2c(N(C)C)c1CCN. The Morgan fingerprint density at radius 3 is 2.35 bits per heavy atom. The predicted octanol–water partition coefficient (Wildman–Crippen LogP) is 2.18. The summed E-state index contributed by atoms with van der Waals surface area (Å²) in [6, 6.07) is 6.34. The number of rotatable bonds is 4. The molecule has 2 aromatic rings. The largest absolute Gasteiger partial charge is 0.377 e. The van der Waals surface area contributed by atoms with Gasteiger partial charge in [0.2, 0.25) is 0 Å². The first-order chi connectivity index (χ1) is 9.47. The third-order valence-electron chi connectivity index (χ3n) is 3.60. The molecule has 4 nitrogen and oxygen atoms in total. The third-order valence-corrected chi connectivity index (χ3v) is 3.60. The van der Waals surface area contributed by atoms with Gasteiger partial charge in [0.1, 0.15) is 0 Å². The van der Waals surface area contributed by atoms with Crippen LogP contribution in [0.4, 0.5) is 11.4 Å². The van der Waals surface area contributed by atoms with Gasteiger partial charge >= 0.3 is 0 Å². The van der Waals surface area contributed by atoms with Gasteiger partial charge in [-0.2, -0.15) is 0 Å². The molecule has 0 atom stereocenters. The van der Waals surface area contributed by atoms with E-state index in [2.05, 4.69) is 63.1 Å². The van der Waals surface area contributed by atoms with E-state index in [1.807, 2.05) is 0 Å². The summed E-state index contributed by atoms with van der Waals surface area (Å²) in [7, 11) is 8.26. The molecule has 0 aliphatic carbocycles. The highest BCUT2D eigenvalue weighted by molar-refractivity contribution is 6.00. The average Bonchev–Trinajstić information content (AvgIpc) is 2.38. The molecule has 0 radical (unpaired) electrons. The normalized spacial score (nSPS) is 10.9. The molecule has 2 N–H and O–H groups in total. The molecule has 0 aliphatic rings. The predicted molar refractivity (Wildman–Crippen MR) is 87.9 cm³/mol. The highest BCUT2D eigenvalue weighted by Crippen LogP contribution is 2.34. The van der Waals surface area contributed by atoms with E-state index in [4.69, 9.17) is 10.7 Å². The van der Waals surface area contributed by atoms with E-state index in [0.29, 0.717) is 6.54 Å². The second kappa shape index (κ2) is 5.67. The van der Waals surface area contributed by atoms with Crippen LogP contribution in [-0.4, -0.2) is 39.7 Å². The summed E-state index contributed by atoms with van der Waals surface area (Å²) in [6.07, 6.45) is 0.856. The number of hydrogen-bond donors (Lipinski definition) is 1. The molecule has 0 unspecified atom stereocenters. The van der Waals surface area contributed by atoms with Crippen molar-refractivity contribution in [1.29, 1.82) is 0 Å². The molecule has 2 rings (SSSR count). The second-order valence-corrected chi connectivity index (χ2v) is 5.53. The molecule has 20 heavy (non-hydrogen) atoms. The average molecular weight is 272 g/mol. The summed E-state index contributed by atoms with van der Waals surface area (Å²) >= 11 is 0. The lowest BCUT2D eigenvalue weighted by Gasteiger charge is -2.23. The summed E-state index contributed by atoms with van der Waals surface area (Å²) in [4.78, 5) is 9.11. The number of hydrogen-bond acceptors (Lipinski definition) is 4. The summed E-state index contributed by atoms with van der Waals surface area (Å²) < 4.78 is 0. The Hall–Kier alpha value is -1.81. The van der Waals surface area contributed by atoms with Crippen LogP contribution in [0.15, 0.2) is 18.2 Å². The van der Waals surface area contributed by atoms with Crippen LogP contribution in [0.5, 0.6) is 0 Å². The maximum Gasteiger partial charge on any atom is 0.0959 e. The van der Waals surface area contributed by atoms with Gasteiger partial charge in [0.15, 0.2) is 0 Å². The molecule has 1 aromatic carbocycles. The van der Waals surface area contributed by atoms with E-state index in [9.17, 15) is 0 Å². The van der Waals surface area contributed by atoms with Crippen LogP contribution < -0.4 is 15.5 Å². The Kier molecular flexibility index (Phi) is 4.14. The van der Waals surface area contributed by atoms with E-state index in [0.717, 1.165) is 23.3 Å². The number of fused-ring (bicyclic) bond motifs is 1. The first kappa shape index (κ1) is 14.6. The molecule has 108 valence electrons. The summed E-state index contributed by atoms with van der Waals surface area (Å²) in [5.74, 6) is 0. The lowest BCUT2D eigenvalue weighted by molar-refractivity contribution is 0.933. The Bertz CT molecular complexity index is 617. The van der Waals surface area contributed by atoms with E-state index >= 15 is 0 Å². The molecule has 1 aromatic heterocycles. The van der Waals surface area contributed by atoms with E-state index in [1.165, 1.54) is 16.6 Å². The van der Waals surface area contributed by atoms with Crippen molar-refractivity contribution < 1.29 is 0 Å². The maximum atomic E-state index is 5.77. The minimum atomic E-state index is 0.641. The number of aryl methyl sites for hydroxylation is 1. The van der Waals surface area contributed by atoms with Gasteiger partial charge in [-0.05, 0) is 31.5 Å². The first-order valence-corrected chi connectivity index (χ1v) is 6.94. The molecule has 0 bridgehead atoms. The van der Waals surface area contributed by atoms with Gasteiger partial charge < -0.3 is 15.5 Å². The Morgan fingerprint density at radius 2 is 1.80 bits per heavy atom. The number of pyridine rings is 1. The van der Waals surface area contributed by atoms with Gasteiger partial charge in [-0.15, -0.1) is 0 Å². The van der Waals surface area contributed by atoms with Crippen molar-refractivity contribution in [3.8, 4) is 0 Å². The molecule has 0 saturated carbocycles. The minimum Gasteiger partial charge on any atom is -0.377 e. The summed E-state index contributed by atoms with van der Waals surface area (Å²) in [5.41, 5.74) is 11.5. The van der Waals surface area contributed by atoms with E-state index in [1.54, 1.807) is 0 Å². The van der Waals surface area contributed by atoms with Crippen molar-refractivity contribution in [3.05, 3.63) is 29.5 Å². The second-order valence-electron chi connectivity index (χ2n) is 5.53. The van der Waals surface area contributed by atoms with Crippen molar-refractivity contribution in [3.63, 3.8) is 0 Å². The topological polar surface area (TPSA) is 45.4 Å². The standard InChI is InChI=1S/C16H24N4/c1-11-12(9-10-17)16(20(4)5)13-7-6-8-14(19(2)3)15(13)18-11/h6-8H,9-10,17H2,1-5H3. The minimum absolute atomic E-state index is 0.641. The highest BCUT2D eigenvalue weighted by Gasteiger charge is 2.16. The number of nitrogens with two attached hydrogens (primary N) is 1. The van der Waals surface area contributed by atoms with Gasteiger partial charge in [0.05, 0.1) is 16.9 Å². The maximum absolute atomic E-state index is 5.77. The third kappa shape index (κ3) is 2.43. The molecule has 4 heteroatoms. The van der Waals surface area contributed by atoms with Crippen molar-refractivity contribution in [2.45, 2.75) is 13.3 Å². The Balaban J connectivity index is 2.85. The van der Waals surface area contributed by atoms with Crippen LogP contribution in [0.1, 0.15) is 11.3 Å². The number of para-hydroxylation sites is 1. The van der Waals surface area contributed by atoms with Gasteiger partial charge in [-0.25, -0.2) is 0 Å². The zero-order valence-corrected chi connectivity index (χ0v) is 13.1. The molecular weight excluding hydrogens is 248 g/mol. The van der Waals surface area contributed by atoms with Gasteiger partial charge in [-0.1, -0.05) is 12.1 Å². The molecular formula is C16H24N4. The van der Waals surface area contributed by atoms with E-state index in [-0.39, 0.29) is 0 Å². The number of benzene rings is 1. The fraction of sp³-hybridized carbons (Fsp3) is 0.438. The number of nitrogens with zero attached hydrogens (tertiary/aromatic N) is 3. The van der Waals surface area contributed by atoms with Crippen LogP contribution >= 0.6 is 0 Å². The first-order valence-electron chi connectivity index (χ1n) is 6.94. The van der Waals surface area contributed by atoms with Crippen molar-refractivity contribution in [2.24, 2.45) is 5.73 Å².